The molecule has 0 aliphatic carbocycles. The van der Waals surface area contributed by atoms with Crippen LogP contribution in [0.3, 0.4) is 0 Å². The molecule has 0 aliphatic rings. The summed E-state index contributed by atoms with van der Waals surface area (Å²) in [6.45, 7) is 6.66. The molecule has 2 rings (SSSR count). The van der Waals surface area contributed by atoms with Crippen LogP contribution in [-0.2, 0) is 6.54 Å². The van der Waals surface area contributed by atoms with Crippen molar-refractivity contribution in [1.29, 1.82) is 0 Å². The molecule has 2 heterocycles. The first-order valence-corrected chi connectivity index (χ1v) is 8.22. The second kappa shape index (κ2) is 7.35. The fraction of sp³-hybridized carbons (Fsp3) is 0.438. The molecule has 22 heavy (non-hydrogen) atoms. The van der Waals surface area contributed by atoms with E-state index in [1.807, 2.05) is 24.4 Å². The van der Waals surface area contributed by atoms with Gasteiger partial charge in [-0.25, -0.2) is 9.78 Å². The smallest absolute Gasteiger partial charge is 0.317 e. The van der Waals surface area contributed by atoms with Gasteiger partial charge in [-0.3, -0.25) is 4.98 Å². The minimum absolute atomic E-state index is 0.0321. The lowest BCUT2D eigenvalue weighted by Gasteiger charge is -2.25. The molecule has 1 atom stereocenters. The predicted octanol–water partition coefficient (Wildman–Crippen LogP) is 3.56. The zero-order valence-electron chi connectivity index (χ0n) is 13.4. The Labute approximate surface area is 135 Å². The molecule has 1 N–H and O–H groups in total. The van der Waals surface area contributed by atoms with Crippen LogP contribution in [-0.4, -0.2) is 27.9 Å². The number of nitrogens with zero attached hydrogens (tertiary/aromatic N) is 3. The molecular weight excluding hydrogens is 296 g/mol. The maximum atomic E-state index is 12.2. The number of thiazole rings is 1. The van der Waals surface area contributed by atoms with E-state index in [1.165, 1.54) is 0 Å². The number of nitrogens with one attached hydrogen (secondary N) is 1. The third-order valence-electron chi connectivity index (χ3n) is 3.55. The van der Waals surface area contributed by atoms with Gasteiger partial charge in [0, 0.05) is 30.7 Å². The summed E-state index contributed by atoms with van der Waals surface area (Å²) >= 11 is 1.64. The summed E-state index contributed by atoms with van der Waals surface area (Å²) in [4.78, 5) is 22.5. The van der Waals surface area contributed by atoms with Crippen LogP contribution in [0.2, 0.25) is 0 Å². The third kappa shape index (κ3) is 4.04. The lowest BCUT2D eigenvalue weighted by molar-refractivity contribution is 0.194. The molecular formula is C16H22N4OS. The molecule has 2 aromatic rings. The van der Waals surface area contributed by atoms with E-state index in [0.717, 1.165) is 16.3 Å². The van der Waals surface area contributed by atoms with Gasteiger partial charge in [-0.2, -0.15) is 0 Å². The Balaban J connectivity index is 1.91. The highest BCUT2D eigenvalue weighted by atomic mass is 32.1. The van der Waals surface area contributed by atoms with E-state index in [1.54, 1.807) is 35.7 Å². The summed E-state index contributed by atoms with van der Waals surface area (Å²) < 4.78 is 0. The normalized spacial score (nSPS) is 12.2. The average molecular weight is 318 g/mol. The summed E-state index contributed by atoms with van der Waals surface area (Å²) in [5.41, 5.74) is 1.92. The second-order valence-corrected chi connectivity index (χ2v) is 6.45. The molecule has 0 unspecified atom stereocenters. The minimum Gasteiger partial charge on any atom is -0.332 e. The zero-order chi connectivity index (χ0) is 16.1. The highest BCUT2D eigenvalue weighted by molar-refractivity contribution is 7.09. The van der Waals surface area contributed by atoms with Gasteiger partial charge in [0.15, 0.2) is 0 Å². The maximum absolute atomic E-state index is 12.2. The predicted molar refractivity (Wildman–Crippen MR) is 88.9 cm³/mol. The van der Waals surface area contributed by atoms with Gasteiger partial charge in [-0.05, 0) is 18.6 Å². The van der Waals surface area contributed by atoms with Gasteiger partial charge in [0.1, 0.15) is 0 Å². The first-order valence-electron chi connectivity index (χ1n) is 7.34. The van der Waals surface area contributed by atoms with Crippen LogP contribution >= 0.6 is 11.3 Å². The van der Waals surface area contributed by atoms with Crippen LogP contribution in [0.1, 0.15) is 49.0 Å². The average Bonchev–Trinajstić information content (AvgIpc) is 3.01. The largest absolute Gasteiger partial charge is 0.332 e. The molecule has 0 bridgehead atoms. The molecule has 0 saturated carbocycles. The van der Waals surface area contributed by atoms with Crippen LogP contribution < -0.4 is 5.32 Å². The number of aromatic nitrogens is 2. The van der Waals surface area contributed by atoms with E-state index in [2.05, 4.69) is 29.1 Å². The molecule has 0 fully saturated rings. The zero-order valence-corrected chi connectivity index (χ0v) is 14.2. The van der Waals surface area contributed by atoms with Crippen LogP contribution in [0.5, 0.6) is 0 Å². The van der Waals surface area contributed by atoms with Crippen molar-refractivity contribution in [3.8, 4) is 0 Å². The van der Waals surface area contributed by atoms with E-state index in [4.69, 9.17) is 0 Å². The highest BCUT2D eigenvalue weighted by Crippen LogP contribution is 2.20. The lowest BCUT2D eigenvalue weighted by Crippen LogP contribution is -2.38. The molecule has 0 saturated heterocycles. The number of carbonyl (C=O) groups is 1. The minimum atomic E-state index is -0.115. The Morgan fingerprint density at radius 2 is 2.18 bits per heavy atom. The van der Waals surface area contributed by atoms with E-state index >= 15 is 0 Å². The molecule has 2 aromatic heterocycles. The van der Waals surface area contributed by atoms with Gasteiger partial charge in [0.05, 0.1) is 23.3 Å². The van der Waals surface area contributed by atoms with E-state index in [9.17, 15) is 4.79 Å². The van der Waals surface area contributed by atoms with Gasteiger partial charge in [0.25, 0.3) is 0 Å². The Hall–Kier alpha value is -1.95. The number of urea groups is 1. The van der Waals surface area contributed by atoms with Gasteiger partial charge >= 0.3 is 6.03 Å². The van der Waals surface area contributed by atoms with Crippen molar-refractivity contribution >= 4 is 17.4 Å². The van der Waals surface area contributed by atoms with Crippen LogP contribution in [0.15, 0.2) is 29.9 Å². The van der Waals surface area contributed by atoms with Crippen molar-refractivity contribution in [2.75, 3.05) is 7.05 Å². The van der Waals surface area contributed by atoms with Crippen molar-refractivity contribution in [2.24, 2.45) is 0 Å². The van der Waals surface area contributed by atoms with Crippen molar-refractivity contribution in [3.05, 3.63) is 46.2 Å². The number of hydrogen-bond donors (Lipinski definition) is 1. The Morgan fingerprint density at radius 3 is 2.77 bits per heavy atom. The number of amides is 2. The number of carbonyl (C=O) groups excluding carboxylic acids is 1. The first-order chi connectivity index (χ1) is 10.5. The quantitative estimate of drug-likeness (QED) is 0.917. The van der Waals surface area contributed by atoms with E-state index in [0.29, 0.717) is 12.5 Å². The van der Waals surface area contributed by atoms with Gasteiger partial charge in [-0.1, -0.05) is 19.9 Å². The summed E-state index contributed by atoms with van der Waals surface area (Å²) in [7, 11) is 1.79. The summed E-state index contributed by atoms with van der Waals surface area (Å²) in [5.74, 6) is 0.419. The van der Waals surface area contributed by atoms with Crippen molar-refractivity contribution < 1.29 is 4.79 Å². The number of pyridine rings is 1. The van der Waals surface area contributed by atoms with Crippen molar-refractivity contribution in [1.82, 2.24) is 20.2 Å². The molecule has 5 nitrogen and oxygen atoms in total. The standard InChI is InChI=1S/C16H22N4OS/c1-11(2)15-19-14(10-22-15)9-18-16(21)20(4)12(3)13-6-5-7-17-8-13/h5-8,10-12H,9H2,1-4H3,(H,18,21)/t12-/m0/s1. The summed E-state index contributed by atoms with van der Waals surface area (Å²) in [6.07, 6.45) is 3.51. The second-order valence-electron chi connectivity index (χ2n) is 5.56. The Morgan fingerprint density at radius 1 is 1.41 bits per heavy atom. The molecule has 0 aliphatic heterocycles. The highest BCUT2D eigenvalue weighted by Gasteiger charge is 2.17. The maximum Gasteiger partial charge on any atom is 0.317 e. The summed E-state index contributed by atoms with van der Waals surface area (Å²) in [6, 6.07) is 3.70. The van der Waals surface area contributed by atoms with Crippen LogP contribution in [0, 0.1) is 0 Å². The monoisotopic (exact) mass is 318 g/mol. The number of hydrogen-bond acceptors (Lipinski definition) is 4. The van der Waals surface area contributed by atoms with Gasteiger partial charge < -0.3 is 10.2 Å². The van der Waals surface area contributed by atoms with E-state index < -0.39 is 0 Å². The topological polar surface area (TPSA) is 58.1 Å². The lowest BCUT2D eigenvalue weighted by atomic mass is 10.1. The first kappa shape index (κ1) is 16.4. The molecule has 0 radical (unpaired) electrons. The summed E-state index contributed by atoms with van der Waals surface area (Å²) in [5, 5.41) is 6.01. The van der Waals surface area contributed by atoms with Gasteiger partial charge in [-0.15, -0.1) is 11.3 Å². The fourth-order valence-corrected chi connectivity index (χ4v) is 2.82. The van der Waals surface area contributed by atoms with Gasteiger partial charge in [0.2, 0.25) is 0 Å². The molecule has 6 heteroatoms. The molecule has 2 amide bonds. The third-order valence-corrected chi connectivity index (χ3v) is 4.75. The Kier molecular flexibility index (Phi) is 5.49. The van der Waals surface area contributed by atoms with E-state index in [-0.39, 0.29) is 12.1 Å². The molecule has 0 aromatic carbocycles. The SMILES string of the molecule is CC(C)c1nc(CNC(=O)N(C)[C@@H](C)c2cccnc2)cs1. The molecule has 118 valence electrons. The number of rotatable bonds is 5. The Bertz CT molecular complexity index is 612. The van der Waals surface area contributed by atoms with Crippen molar-refractivity contribution in [3.63, 3.8) is 0 Å². The fourth-order valence-electron chi connectivity index (χ4n) is 1.98. The van der Waals surface area contributed by atoms with Crippen LogP contribution in [0.4, 0.5) is 4.79 Å². The van der Waals surface area contributed by atoms with Crippen LogP contribution in [0.25, 0.3) is 0 Å². The van der Waals surface area contributed by atoms with Crippen molar-refractivity contribution in [2.45, 2.75) is 39.3 Å². The molecule has 0 spiro atoms.